The molecule has 3 heteroatoms. The van der Waals surface area contributed by atoms with Gasteiger partial charge in [-0.25, -0.2) is 0 Å². The van der Waals surface area contributed by atoms with Gasteiger partial charge in [-0.1, -0.05) is 13.3 Å². The van der Waals surface area contributed by atoms with Crippen LogP contribution in [0.25, 0.3) is 0 Å². The van der Waals surface area contributed by atoms with Crippen LogP contribution in [-0.2, 0) is 0 Å². The van der Waals surface area contributed by atoms with E-state index in [1.807, 2.05) is 6.92 Å². The maximum Gasteiger partial charge on any atom is 0.395 e. The van der Waals surface area contributed by atoms with E-state index in [2.05, 4.69) is 0 Å². The molecule has 4 fully saturated rings. The van der Waals surface area contributed by atoms with Crippen molar-refractivity contribution < 1.29 is 13.2 Å². The van der Waals surface area contributed by atoms with Crippen molar-refractivity contribution in [1.29, 1.82) is 0 Å². The van der Waals surface area contributed by atoms with Crippen LogP contribution in [0, 0.1) is 29.1 Å². The van der Waals surface area contributed by atoms with Gasteiger partial charge in [0, 0.05) is 0 Å². The van der Waals surface area contributed by atoms with Crippen molar-refractivity contribution in [2.75, 3.05) is 0 Å². The fraction of sp³-hybridized carbons (Fsp3) is 1.00. The van der Waals surface area contributed by atoms with Crippen LogP contribution in [0.4, 0.5) is 13.2 Å². The van der Waals surface area contributed by atoms with Crippen molar-refractivity contribution in [3.8, 4) is 0 Å². The van der Waals surface area contributed by atoms with Gasteiger partial charge in [-0.15, -0.1) is 0 Å². The summed E-state index contributed by atoms with van der Waals surface area (Å²) in [7, 11) is 0. The lowest BCUT2D eigenvalue weighted by atomic mass is 9.44. The van der Waals surface area contributed by atoms with Gasteiger partial charge in [0.05, 0.1) is 5.41 Å². The van der Waals surface area contributed by atoms with E-state index in [1.54, 1.807) is 0 Å². The van der Waals surface area contributed by atoms with E-state index < -0.39 is 11.6 Å². The summed E-state index contributed by atoms with van der Waals surface area (Å²) in [4.78, 5) is 0. The molecule has 0 aliphatic heterocycles. The zero-order chi connectivity index (χ0) is 12.3. The first-order chi connectivity index (χ1) is 7.97. The van der Waals surface area contributed by atoms with Crippen LogP contribution in [0.3, 0.4) is 0 Å². The lowest BCUT2D eigenvalue weighted by Gasteiger charge is -2.61. The van der Waals surface area contributed by atoms with E-state index in [4.69, 9.17) is 0 Å². The molecule has 0 unspecified atom stereocenters. The van der Waals surface area contributed by atoms with Crippen molar-refractivity contribution in [2.24, 2.45) is 29.1 Å². The highest BCUT2D eigenvalue weighted by Crippen LogP contribution is 2.68. The lowest BCUT2D eigenvalue weighted by Crippen LogP contribution is -2.59. The first-order valence-corrected chi connectivity index (χ1v) is 7.04. The van der Waals surface area contributed by atoms with Gasteiger partial charge in [0.25, 0.3) is 0 Å². The van der Waals surface area contributed by atoms with Crippen molar-refractivity contribution in [3.05, 3.63) is 0 Å². The predicted molar refractivity (Wildman–Crippen MR) is 60.4 cm³/mol. The zero-order valence-electron chi connectivity index (χ0n) is 10.4. The molecule has 0 aromatic heterocycles. The minimum atomic E-state index is -3.98. The van der Waals surface area contributed by atoms with E-state index in [9.17, 15) is 13.2 Å². The standard InChI is InChI=1S/C14H21F3/c1-2-3-13(14(15,16)17)11-5-9-4-10(7-11)8-12(13)6-9/h9-12H,2-8H2,1H3. The Morgan fingerprint density at radius 3 is 1.76 bits per heavy atom. The molecule has 4 bridgehead atoms. The monoisotopic (exact) mass is 246 g/mol. The first kappa shape index (κ1) is 11.9. The summed E-state index contributed by atoms with van der Waals surface area (Å²) in [6.45, 7) is 1.90. The highest BCUT2D eigenvalue weighted by atomic mass is 19.4. The van der Waals surface area contributed by atoms with Crippen molar-refractivity contribution in [1.82, 2.24) is 0 Å². The number of rotatable bonds is 2. The molecule has 0 nitrogen and oxygen atoms in total. The third kappa shape index (κ3) is 1.50. The normalized spacial score (nSPS) is 48.7. The SMILES string of the molecule is CCCC1(C(F)(F)F)C2CC3CC(C2)CC1C3. The summed E-state index contributed by atoms with van der Waals surface area (Å²) in [5, 5.41) is 0. The van der Waals surface area contributed by atoms with E-state index >= 15 is 0 Å². The van der Waals surface area contributed by atoms with Gasteiger partial charge < -0.3 is 0 Å². The maximum absolute atomic E-state index is 13.6. The van der Waals surface area contributed by atoms with Crippen LogP contribution < -0.4 is 0 Å². The highest BCUT2D eigenvalue weighted by molar-refractivity contribution is 5.08. The Hall–Kier alpha value is -0.210. The Morgan fingerprint density at radius 2 is 1.41 bits per heavy atom. The molecule has 4 rings (SSSR count). The molecule has 4 aliphatic carbocycles. The van der Waals surface area contributed by atoms with Gasteiger partial charge in [0.2, 0.25) is 0 Å². The summed E-state index contributed by atoms with van der Waals surface area (Å²) < 4.78 is 40.9. The Balaban J connectivity index is 1.98. The second-order valence-electron chi connectivity index (χ2n) is 6.59. The van der Waals surface area contributed by atoms with Gasteiger partial charge in [0.15, 0.2) is 0 Å². The lowest BCUT2D eigenvalue weighted by molar-refractivity contribution is -0.302. The quantitative estimate of drug-likeness (QED) is 0.657. The Labute approximate surface area is 101 Å². The number of hydrogen-bond donors (Lipinski definition) is 0. The van der Waals surface area contributed by atoms with Crippen molar-refractivity contribution in [2.45, 2.75) is 58.0 Å². The Morgan fingerprint density at radius 1 is 0.941 bits per heavy atom. The molecule has 98 valence electrons. The molecule has 0 amide bonds. The highest BCUT2D eigenvalue weighted by Gasteiger charge is 2.67. The molecule has 4 aliphatic rings. The smallest absolute Gasteiger partial charge is 0.170 e. The summed E-state index contributed by atoms with van der Waals surface area (Å²) in [6, 6.07) is 0. The van der Waals surface area contributed by atoms with Gasteiger partial charge >= 0.3 is 6.18 Å². The summed E-state index contributed by atoms with van der Waals surface area (Å²) in [5.74, 6) is 1.12. The maximum atomic E-state index is 13.6. The van der Waals surface area contributed by atoms with Crippen LogP contribution in [0.2, 0.25) is 0 Å². The summed E-state index contributed by atoms with van der Waals surface area (Å²) in [6.07, 6.45) is 1.68. The molecule has 0 spiro atoms. The second-order valence-corrected chi connectivity index (χ2v) is 6.59. The fourth-order valence-corrected chi connectivity index (χ4v) is 5.45. The summed E-state index contributed by atoms with van der Waals surface area (Å²) >= 11 is 0. The van der Waals surface area contributed by atoms with E-state index in [1.165, 1.54) is 6.42 Å². The first-order valence-electron chi connectivity index (χ1n) is 7.04. The van der Waals surface area contributed by atoms with Crippen LogP contribution in [-0.4, -0.2) is 6.18 Å². The second kappa shape index (κ2) is 3.64. The third-order valence-corrected chi connectivity index (χ3v) is 5.79. The molecular formula is C14H21F3. The number of alkyl halides is 3. The van der Waals surface area contributed by atoms with Crippen molar-refractivity contribution >= 4 is 0 Å². The average Bonchev–Trinajstić information content (AvgIpc) is 2.20. The molecular weight excluding hydrogens is 225 g/mol. The minimum absolute atomic E-state index is 0.0568. The largest absolute Gasteiger partial charge is 0.395 e. The van der Waals surface area contributed by atoms with E-state index in [-0.39, 0.29) is 11.8 Å². The van der Waals surface area contributed by atoms with Gasteiger partial charge in [0.1, 0.15) is 0 Å². The zero-order valence-corrected chi connectivity index (χ0v) is 10.4. The molecule has 0 saturated heterocycles. The molecule has 17 heavy (non-hydrogen) atoms. The molecule has 0 aromatic rings. The fourth-order valence-electron chi connectivity index (χ4n) is 5.45. The number of halogens is 3. The van der Waals surface area contributed by atoms with Crippen LogP contribution in [0.1, 0.15) is 51.9 Å². The average molecular weight is 246 g/mol. The van der Waals surface area contributed by atoms with Crippen LogP contribution in [0.15, 0.2) is 0 Å². The topological polar surface area (TPSA) is 0 Å². The molecule has 0 heterocycles. The predicted octanol–water partition coefficient (Wildman–Crippen LogP) is 4.79. The Bertz CT molecular complexity index is 277. The van der Waals surface area contributed by atoms with Gasteiger partial charge in [-0.3, -0.25) is 0 Å². The van der Waals surface area contributed by atoms with Gasteiger partial charge in [-0.05, 0) is 62.2 Å². The van der Waals surface area contributed by atoms with Crippen LogP contribution in [0.5, 0.6) is 0 Å². The van der Waals surface area contributed by atoms with Crippen LogP contribution >= 0.6 is 0 Å². The summed E-state index contributed by atoms with van der Waals surface area (Å²) in [5.41, 5.74) is -1.31. The molecule has 0 radical (unpaired) electrons. The molecule has 0 aromatic carbocycles. The van der Waals surface area contributed by atoms with Crippen molar-refractivity contribution in [3.63, 3.8) is 0 Å². The molecule has 0 N–H and O–H groups in total. The number of hydrogen-bond acceptors (Lipinski definition) is 0. The minimum Gasteiger partial charge on any atom is -0.170 e. The van der Waals surface area contributed by atoms with Gasteiger partial charge in [-0.2, -0.15) is 13.2 Å². The van der Waals surface area contributed by atoms with E-state index in [0.29, 0.717) is 24.7 Å². The molecule has 0 atom stereocenters. The Kier molecular flexibility index (Phi) is 2.54. The van der Waals surface area contributed by atoms with E-state index in [0.717, 1.165) is 25.7 Å². The third-order valence-electron chi connectivity index (χ3n) is 5.79. The molecule has 4 saturated carbocycles.